The summed E-state index contributed by atoms with van der Waals surface area (Å²) in [5.74, 6) is 0.399. The second-order valence-corrected chi connectivity index (χ2v) is 8.51. The second kappa shape index (κ2) is 8.90. The number of carbonyl (C=O) groups is 1. The number of thiophene rings is 1. The number of carbonyl (C=O) groups excluding carboxylic acids is 1. The largest absolute Gasteiger partial charge is 0.383 e. The lowest BCUT2D eigenvalue weighted by Crippen LogP contribution is -2.27. The van der Waals surface area contributed by atoms with E-state index in [1.807, 2.05) is 43.4 Å². The highest BCUT2D eigenvalue weighted by molar-refractivity contribution is 7.99. The zero-order valence-corrected chi connectivity index (χ0v) is 17.0. The van der Waals surface area contributed by atoms with Crippen LogP contribution in [0.2, 0.25) is 4.34 Å². The number of para-hydroxylation sites is 2. The highest BCUT2D eigenvalue weighted by atomic mass is 35.5. The molecule has 3 aromatic rings. The van der Waals surface area contributed by atoms with Crippen LogP contribution in [-0.2, 0) is 22.6 Å². The van der Waals surface area contributed by atoms with Crippen LogP contribution in [-0.4, -0.2) is 46.9 Å². The molecule has 8 heteroatoms. The number of imidazole rings is 1. The molecule has 5 nitrogen and oxygen atoms in total. The molecule has 1 amide bonds. The molecule has 3 rings (SSSR count). The van der Waals surface area contributed by atoms with Crippen LogP contribution in [0.5, 0.6) is 0 Å². The van der Waals surface area contributed by atoms with Crippen molar-refractivity contribution in [1.29, 1.82) is 0 Å². The Kier molecular flexibility index (Phi) is 6.58. The van der Waals surface area contributed by atoms with Crippen molar-refractivity contribution in [3.63, 3.8) is 0 Å². The van der Waals surface area contributed by atoms with Gasteiger partial charge in [-0.1, -0.05) is 35.5 Å². The number of aromatic nitrogens is 2. The molecule has 138 valence electrons. The first-order valence-electron chi connectivity index (χ1n) is 8.13. The van der Waals surface area contributed by atoms with Crippen molar-refractivity contribution < 1.29 is 9.53 Å². The zero-order valence-electron chi connectivity index (χ0n) is 14.6. The Labute approximate surface area is 165 Å². The van der Waals surface area contributed by atoms with E-state index in [9.17, 15) is 4.79 Å². The van der Waals surface area contributed by atoms with E-state index in [4.69, 9.17) is 16.3 Å². The lowest BCUT2D eigenvalue weighted by molar-refractivity contribution is -0.127. The minimum Gasteiger partial charge on any atom is -0.383 e. The first-order valence-corrected chi connectivity index (χ1v) is 10.3. The number of fused-ring (bicyclic) bond motifs is 1. The van der Waals surface area contributed by atoms with E-state index in [1.54, 1.807) is 12.0 Å². The number of rotatable bonds is 8. The Morgan fingerprint density at radius 3 is 2.88 bits per heavy atom. The van der Waals surface area contributed by atoms with Gasteiger partial charge in [-0.15, -0.1) is 11.3 Å². The van der Waals surface area contributed by atoms with Gasteiger partial charge in [-0.3, -0.25) is 4.79 Å². The quantitative estimate of drug-likeness (QED) is 0.524. The third kappa shape index (κ3) is 4.59. The second-order valence-electron chi connectivity index (χ2n) is 5.77. The highest BCUT2D eigenvalue weighted by Gasteiger charge is 2.15. The maximum absolute atomic E-state index is 12.5. The Morgan fingerprint density at radius 1 is 1.35 bits per heavy atom. The maximum atomic E-state index is 12.5. The van der Waals surface area contributed by atoms with Crippen LogP contribution in [0.25, 0.3) is 11.0 Å². The molecule has 2 aromatic heterocycles. The Balaban J connectivity index is 1.67. The molecule has 0 spiro atoms. The van der Waals surface area contributed by atoms with Crippen LogP contribution < -0.4 is 0 Å². The third-order valence-corrected chi connectivity index (χ3v) is 6.09. The lowest BCUT2D eigenvalue weighted by Gasteiger charge is -2.16. The standard InChI is InChI=1S/C18H20ClN3O2S2/c1-21(11-13-7-8-16(19)26-13)17(23)12-25-18-20-14-5-3-4-6-15(14)22(18)9-10-24-2/h3-8H,9-12H2,1-2H3. The summed E-state index contributed by atoms with van der Waals surface area (Å²) in [6.07, 6.45) is 0. The number of halogens is 1. The van der Waals surface area contributed by atoms with Gasteiger partial charge in [0.1, 0.15) is 0 Å². The van der Waals surface area contributed by atoms with Gasteiger partial charge >= 0.3 is 0 Å². The molecule has 0 fully saturated rings. The molecule has 0 radical (unpaired) electrons. The molecule has 0 saturated carbocycles. The van der Waals surface area contributed by atoms with Gasteiger partial charge in [-0.05, 0) is 24.3 Å². The lowest BCUT2D eigenvalue weighted by atomic mass is 10.3. The number of hydrogen-bond acceptors (Lipinski definition) is 5. The third-order valence-electron chi connectivity index (χ3n) is 3.91. The summed E-state index contributed by atoms with van der Waals surface area (Å²) < 4.78 is 8.05. The Hall–Kier alpha value is -1.54. The molecular weight excluding hydrogens is 390 g/mol. The molecule has 0 aliphatic carbocycles. The molecule has 1 aromatic carbocycles. The van der Waals surface area contributed by atoms with Crippen LogP contribution >= 0.6 is 34.7 Å². The minimum atomic E-state index is 0.0601. The van der Waals surface area contributed by atoms with E-state index in [0.29, 0.717) is 25.4 Å². The van der Waals surface area contributed by atoms with Gasteiger partial charge in [0.15, 0.2) is 5.16 Å². The Morgan fingerprint density at radius 2 is 2.15 bits per heavy atom. The number of hydrogen-bond donors (Lipinski definition) is 0. The predicted molar refractivity (Wildman–Crippen MR) is 108 cm³/mol. The molecule has 2 heterocycles. The summed E-state index contributed by atoms with van der Waals surface area (Å²) in [6, 6.07) is 11.8. The van der Waals surface area contributed by atoms with Crippen LogP contribution in [0.15, 0.2) is 41.6 Å². The summed E-state index contributed by atoms with van der Waals surface area (Å²) in [7, 11) is 3.49. The number of ether oxygens (including phenoxy) is 1. The summed E-state index contributed by atoms with van der Waals surface area (Å²) in [5.41, 5.74) is 1.99. The van der Waals surface area contributed by atoms with Gasteiger partial charge < -0.3 is 14.2 Å². The van der Waals surface area contributed by atoms with E-state index in [0.717, 1.165) is 25.4 Å². The zero-order chi connectivity index (χ0) is 18.5. The fraction of sp³-hybridized carbons (Fsp3) is 0.333. The summed E-state index contributed by atoms with van der Waals surface area (Å²) in [5, 5.41) is 0.837. The van der Waals surface area contributed by atoms with E-state index in [1.165, 1.54) is 23.1 Å². The average Bonchev–Trinajstić information content (AvgIpc) is 3.20. The molecule has 0 aliphatic heterocycles. The van der Waals surface area contributed by atoms with Crippen molar-refractivity contribution >= 4 is 51.6 Å². The van der Waals surface area contributed by atoms with Crippen LogP contribution in [0, 0.1) is 0 Å². The van der Waals surface area contributed by atoms with Crippen molar-refractivity contribution in [3.8, 4) is 0 Å². The van der Waals surface area contributed by atoms with Gasteiger partial charge in [0.2, 0.25) is 5.91 Å². The predicted octanol–water partition coefficient (Wildman–Crippen LogP) is 4.15. The van der Waals surface area contributed by atoms with Gasteiger partial charge in [0, 0.05) is 25.6 Å². The van der Waals surface area contributed by atoms with Gasteiger partial charge in [0.05, 0.1) is 34.3 Å². The summed E-state index contributed by atoms with van der Waals surface area (Å²) in [4.78, 5) is 19.9. The van der Waals surface area contributed by atoms with Crippen LogP contribution in [0.3, 0.4) is 0 Å². The van der Waals surface area contributed by atoms with E-state index in [-0.39, 0.29) is 5.91 Å². The fourth-order valence-corrected chi connectivity index (χ4v) is 4.68. The first kappa shape index (κ1) is 19.2. The normalized spacial score (nSPS) is 11.2. The SMILES string of the molecule is COCCn1c(SCC(=O)N(C)Cc2ccc(Cl)s2)nc2ccccc21. The molecule has 0 saturated heterocycles. The number of thioether (sulfide) groups is 1. The summed E-state index contributed by atoms with van der Waals surface area (Å²) in [6.45, 7) is 1.87. The van der Waals surface area contributed by atoms with Gasteiger partial charge in [-0.2, -0.15) is 0 Å². The first-order chi connectivity index (χ1) is 12.6. The monoisotopic (exact) mass is 409 g/mol. The number of methoxy groups -OCH3 is 1. The number of amides is 1. The highest BCUT2D eigenvalue weighted by Crippen LogP contribution is 2.25. The van der Waals surface area contributed by atoms with E-state index in [2.05, 4.69) is 9.55 Å². The van der Waals surface area contributed by atoms with Crippen molar-refractivity contribution in [2.24, 2.45) is 0 Å². The van der Waals surface area contributed by atoms with Crippen molar-refractivity contribution in [3.05, 3.63) is 45.6 Å². The smallest absolute Gasteiger partial charge is 0.233 e. The molecule has 0 unspecified atom stereocenters. The van der Waals surface area contributed by atoms with Gasteiger partial charge in [0.25, 0.3) is 0 Å². The molecule has 0 N–H and O–H groups in total. The summed E-state index contributed by atoms with van der Waals surface area (Å²) >= 11 is 8.91. The number of nitrogens with zero attached hydrogens (tertiary/aromatic N) is 3. The topological polar surface area (TPSA) is 47.4 Å². The van der Waals surface area contributed by atoms with Crippen LogP contribution in [0.4, 0.5) is 0 Å². The molecule has 0 bridgehead atoms. The van der Waals surface area contributed by atoms with Crippen LogP contribution in [0.1, 0.15) is 4.88 Å². The van der Waals surface area contributed by atoms with E-state index >= 15 is 0 Å². The van der Waals surface area contributed by atoms with Crippen molar-refractivity contribution in [2.75, 3.05) is 26.5 Å². The molecule has 0 aliphatic rings. The molecule has 26 heavy (non-hydrogen) atoms. The minimum absolute atomic E-state index is 0.0601. The van der Waals surface area contributed by atoms with Crippen molar-refractivity contribution in [2.45, 2.75) is 18.2 Å². The van der Waals surface area contributed by atoms with Crippen molar-refractivity contribution in [1.82, 2.24) is 14.5 Å². The molecular formula is C18H20ClN3O2S2. The number of benzene rings is 1. The Bertz CT molecular complexity index is 894. The average molecular weight is 410 g/mol. The maximum Gasteiger partial charge on any atom is 0.233 e. The molecule has 0 atom stereocenters. The van der Waals surface area contributed by atoms with Gasteiger partial charge in [-0.25, -0.2) is 4.98 Å². The fourth-order valence-electron chi connectivity index (χ4n) is 2.56. The van der Waals surface area contributed by atoms with E-state index < -0.39 is 0 Å².